The van der Waals surface area contributed by atoms with Crippen molar-refractivity contribution in [3.63, 3.8) is 0 Å². The van der Waals surface area contributed by atoms with Gasteiger partial charge in [-0.15, -0.1) is 10.2 Å². The minimum Gasteiger partial charge on any atom is -0.484 e. The third kappa shape index (κ3) is 5.77. The van der Waals surface area contributed by atoms with Crippen LogP contribution in [0.4, 0.5) is 11.4 Å². The Morgan fingerprint density at radius 2 is 1.52 bits per heavy atom. The van der Waals surface area contributed by atoms with Gasteiger partial charge in [0.05, 0.1) is 12.8 Å². The number of amides is 2. The van der Waals surface area contributed by atoms with Crippen molar-refractivity contribution in [3.8, 4) is 22.9 Å². The molecule has 0 aliphatic heterocycles. The third-order valence-corrected chi connectivity index (χ3v) is 3.86. The summed E-state index contributed by atoms with van der Waals surface area (Å²) in [6.07, 6.45) is 0. The van der Waals surface area contributed by atoms with E-state index in [2.05, 4.69) is 20.8 Å². The molecule has 0 aliphatic rings. The van der Waals surface area contributed by atoms with Crippen LogP contribution >= 0.6 is 0 Å². The quantitative estimate of drug-likeness (QED) is 0.640. The minimum atomic E-state index is -0.284. The number of aromatic nitrogens is 2. The second kappa shape index (κ2) is 9.32. The fourth-order valence-electron chi connectivity index (χ4n) is 2.49. The molecule has 0 atom stereocenters. The number of ether oxygens (including phenoxy) is 2. The van der Waals surface area contributed by atoms with E-state index in [4.69, 9.17) is 9.47 Å². The summed E-state index contributed by atoms with van der Waals surface area (Å²) in [6.45, 7) is 1.30. The normalized spacial score (nSPS) is 10.1. The summed E-state index contributed by atoms with van der Waals surface area (Å²) in [4.78, 5) is 23.1. The zero-order valence-electron chi connectivity index (χ0n) is 16.0. The first-order valence-electron chi connectivity index (χ1n) is 8.82. The number of carbonyl (C=O) groups is 2. The maximum atomic E-state index is 12.1. The van der Waals surface area contributed by atoms with Crippen LogP contribution in [0.3, 0.4) is 0 Å². The second-order valence-corrected chi connectivity index (χ2v) is 6.08. The number of rotatable bonds is 7. The van der Waals surface area contributed by atoms with Crippen LogP contribution in [-0.2, 0) is 9.59 Å². The summed E-state index contributed by atoms with van der Waals surface area (Å²) in [5.74, 6) is 0.543. The van der Waals surface area contributed by atoms with Crippen molar-refractivity contribution in [1.29, 1.82) is 0 Å². The molecule has 0 fully saturated rings. The standard InChI is InChI=1S/C21H20N4O4/c1-14(26)22-16-7-9-18(10-8-16)29-13-20(27)23-17-5-3-15(4-6-17)19-11-12-21(28-2)25-24-19/h3-12H,13H2,1-2H3,(H,22,26)(H,23,27). The molecule has 0 unspecified atom stereocenters. The molecule has 3 aromatic rings. The van der Waals surface area contributed by atoms with Crippen molar-refractivity contribution in [2.24, 2.45) is 0 Å². The Labute approximate surface area is 167 Å². The molecule has 3 rings (SSSR count). The van der Waals surface area contributed by atoms with Gasteiger partial charge in [-0.05, 0) is 42.5 Å². The van der Waals surface area contributed by atoms with Gasteiger partial charge in [0.25, 0.3) is 5.91 Å². The topological polar surface area (TPSA) is 102 Å². The monoisotopic (exact) mass is 392 g/mol. The van der Waals surface area contributed by atoms with Crippen molar-refractivity contribution >= 4 is 23.2 Å². The Balaban J connectivity index is 1.51. The molecule has 8 heteroatoms. The third-order valence-electron chi connectivity index (χ3n) is 3.86. The molecule has 0 saturated heterocycles. The number of anilines is 2. The zero-order chi connectivity index (χ0) is 20.6. The van der Waals surface area contributed by atoms with Crippen LogP contribution in [-0.4, -0.2) is 35.7 Å². The fourth-order valence-corrected chi connectivity index (χ4v) is 2.49. The lowest BCUT2D eigenvalue weighted by Crippen LogP contribution is -2.20. The average Bonchev–Trinajstić information content (AvgIpc) is 2.73. The van der Waals surface area contributed by atoms with Crippen molar-refractivity contribution < 1.29 is 19.1 Å². The Bertz CT molecular complexity index is 971. The maximum absolute atomic E-state index is 12.1. The predicted octanol–water partition coefficient (Wildman–Crippen LogP) is 3.13. The van der Waals surface area contributed by atoms with E-state index in [1.54, 1.807) is 42.5 Å². The summed E-state index contributed by atoms with van der Waals surface area (Å²) >= 11 is 0. The van der Waals surface area contributed by atoms with E-state index in [9.17, 15) is 9.59 Å². The first-order chi connectivity index (χ1) is 14.0. The van der Waals surface area contributed by atoms with E-state index in [0.717, 1.165) is 5.56 Å². The molecule has 0 saturated carbocycles. The van der Waals surface area contributed by atoms with Crippen molar-refractivity contribution in [3.05, 3.63) is 60.7 Å². The Morgan fingerprint density at radius 1 is 0.862 bits per heavy atom. The summed E-state index contributed by atoms with van der Waals surface area (Å²) in [6, 6.07) is 17.6. The highest BCUT2D eigenvalue weighted by molar-refractivity contribution is 5.92. The lowest BCUT2D eigenvalue weighted by atomic mass is 10.1. The SMILES string of the molecule is COc1ccc(-c2ccc(NC(=O)COc3ccc(NC(C)=O)cc3)cc2)nn1. The largest absolute Gasteiger partial charge is 0.484 e. The van der Waals surface area contributed by atoms with Gasteiger partial charge < -0.3 is 20.1 Å². The number of benzene rings is 2. The molecule has 2 amide bonds. The lowest BCUT2D eigenvalue weighted by Gasteiger charge is -2.09. The van der Waals surface area contributed by atoms with Gasteiger partial charge in [-0.3, -0.25) is 9.59 Å². The second-order valence-electron chi connectivity index (χ2n) is 6.08. The fraction of sp³-hybridized carbons (Fsp3) is 0.143. The van der Waals surface area contributed by atoms with Gasteiger partial charge in [0.2, 0.25) is 11.8 Å². The van der Waals surface area contributed by atoms with Crippen LogP contribution in [0, 0.1) is 0 Å². The molecule has 0 radical (unpaired) electrons. The average molecular weight is 392 g/mol. The van der Waals surface area contributed by atoms with Gasteiger partial charge in [-0.2, -0.15) is 0 Å². The first-order valence-corrected chi connectivity index (χ1v) is 8.82. The highest BCUT2D eigenvalue weighted by Gasteiger charge is 2.06. The molecule has 1 heterocycles. The number of carbonyl (C=O) groups excluding carboxylic acids is 2. The van der Waals surface area contributed by atoms with Crippen molar-refractivity contribution in [1.82, 2.24) is 10.2 Å². The van der Waals surface area contributed by atoms with E-state index >= 15 is 0 Å². The lowest BCUT2D eigenvalue weighted by molar-refractivity contribution is -0.118. The van der Waals surface area contributed by atoms with Gasteiger partial charge >= 0.3 is 0 Å². The molecule has 1 aromatic heterocycles. The van der Waals surface area contributed by atoms with Crippen LogP contribution in [0.2, 0.25) is 0 Å². The molecule has 2 aromatic carbocycles. The zero-order valence-corrected chi connectivity index (χ0v) is 16.0. The van der Waals surface area contributed by atoms with Crippen LogP contribution in [0.15, 0.2) is 60.7 Å². The van der Waals surface area contributed by atoms with E-state index in [0.29, 0.717) is 28.7 Å². The predicted molar refractivity (Wildman–Crippen MR) is 109 cm³/mol. The van der Waals surface area contributed by atoms with Crippen LogP contribution in [0.5, 0.6) is 11.6 Å². The van der Waals surface area contributed by atoms with Gasteiger partial charge in [0.1, 0.15) is 5.75 Å². The summed E-state index contributed by atoms with van der Waals surface area (Å²) in [7, 11) is 1.53. The minimum absolute atomic E-state index is 0.134. The highest BCUT2D eigenvalue weighted by Crippen LogP contribution is 2.20. The molecular weight excluding hydrogens is 372 g/mol. The van der Waals surface area contributed by atoms with Gasteiger partial charge in [0.15, 0.2) is 6.61 Å². The van der Waals surface area contributed by atoms with Crippen LogP contribution in [0.25, 0.3) is 11.3 Å². The Kier molecular flexibility index (Phi) is 6.36. The molecule has 8 nitrogen and oxygen atoms in total. The van der Waals surface area contributed by atoms with Crippen molar-refractivity contribution in [2.75, 3.05) is 24.4 Å². The van der Waals surface area contributed by atoms with Gasteiger partial charge in [-0.25, -0.2) is 0 Å². The van der Waals surface area contributed by atoms with E-state index in [-0.39, 0.29) is 18.4 Å². The van der Waals surface area contributed by atoms with E-state index in [1.165, 1.54) is 14.0 Å². The van der Waals surface area contributed by atoms with Crippen molar-refractivity contribution in [2.45, 2.75) is 6.92 Å². The van der Waals surface area contributed by atoms with Crippen LogP contribution < -0.4 is 20.1 Å². The summed E-state index contributed by atoms with van der Waals surface area (Å²) in [5, 5.41) is 13.5. The van der Waals surface area contributed by atoms with Crippen LogP contribution in [0.1, 0.15) is 6.92 Å². The van der Waals surface area contributed by atoms with Gasteiger partial charge in [-0.1, -0.05) is 12.1 Å². The molecule has 0 spiro atoms. The number of hydrogen-bond donors (Lipinski definition) is 2. The molecule has 148 valence electrons. The highest BCUT2D eigenvalue weighted by atomic mass is 16.5. The van der Waals surface area contributed by atoms with E-state index < -0.39 is 0 Å². The molecular formula is C21H20N4O4. The Morgan fingerprint density at radius 3 is 2.10 bits per heavy atom. The number of hydrogen-bond acceptors (Lipinski definition) is 6. The number of nitrogens with one attached hydrogen (secondary N) is 2. The van der Waals surface area contributed by atoms with E-state index in [1.807, 2.05) is 18.2 Å². The number of methoxy groups -OCH3 is 1. The Hall–Kier alpha value is -3.94. The number of nitrogens with zero attached hydrogens (tertiary/aromatic N) is 2. The summed E-state index contributed by atoms with van der Waals surface area (Å²) < 4.78 is 10.5. The first kappa shape index (κ1) is 19.8. The molecule has 0 aliphatic carbocycles. The smallest absolute Gasteiger partial charge is 0.262 e. The van der Waals surface area contributed by atoms with Gasteiger partial charge in [0, 0.05) is 29.9 Å². The maximum Gasteiger partial charge on any atom is 0.262 e. The molecule has 29 heavy (non-hydrogen) atoms. The summed E-state index contributed by atoms with van der Waals surface area (Å²) in [5.41, 5.74) is 2.88. The molecule has 0 bridgehead atoms. The molecule has 2 N–H and O–H groups in total.